The fraction of sp³-hybridized carbons (Fsp3) is 0.556. The first-order valence-electron chi connectivity index (χ1n) is 8.25. The van der Waals surface area contributed by atoms with Gasteiger partial charge in [-0.15, -0.1) is 0 Å². The lowest BCUT2D eigenvalue weighted by Gasteiger charge is -2.33. The summed E-state index contributed by atoms with van der Waals surface area (Å²) in [6.45, 7) is 3.77. The van der Waals surface area contributed by atoms with E-state index in [2.05, 4.69) is 6.92 Å². The molecule has 1 amide bonds. The molecule has 124 valence electrons. The smallest absolute Gasteiger partial charge is 0.290 e. The Kier molecular flexibility index (Phi) is 4.95. The molecule has 1 aliphatic carbocycles. The minimum atomic E-state index is -0.152. The number of thioether (sulfide) groups is 1. The van der Waals surface area contributed by atoms with E-state index in [-0.39, 0.29) is 16.9 Å². The van der Waals surface area contributed by atoms with Gasteiger partial charge in [-0.3, -0.25) is 9.59 Å². The molecular weight excluding hydrogens is 310 g/mol. The van der Waals surface area contributed by atoms with Crippen LogP contribution in [-0.2, 0) is 11.3 Å². The Morgan fingerprint density at radius 1 is 1.13 bits per heavy atom. The van der Waals surface area contributed by atoms with Crippen LogP contribution in [0.4, 0.5) is 4.79 Å². The van der Waals surface area contributed by atoms with Crippen molar-refractivity contribution < 1.29 is 14.3 Å². The summed E-state index contributed by atoms with van der Waals surface area (Å²) in [5.74, 6) is 0.874. The molecule has 0 bridgehead atoms. The third kappa shape index (κ3) is 4.28. The molecule has 0 aromatic heterocycles. The topological polar surface area (TPSA) is 46.6 Å². The maximum atomic E-state index is 11.6. The van der Waals surface area contributed by atoms with Gasteiger partial charge in [0.15, 0.2) is 0 Å². The number of nitrogens with zero attached hydrogens (tertiary/aromatic N) is 1. The number of rotatable bonds is 5. The Balaban J connectivity index is 1.53. The predicted octanol–water partition coefficient (Wildman–Crippen LogP) is 4.23. The van der Waals surface area contributed by atoms with E-state index in [0.29, 0.717) is 12.0 Å². The lowest BCUT2D eigenvalue weighted by Crippen LogP contribution is -2.27. The van der Waals surface area contributed by atoms with E-state index in [1.54, 1.807) is 4.90 Å². The van der Waals surface area contributed by atoms with Crippen molar-refractivity contribution in [3.05, 3.63) is 29.8 Å². The molecule has 0 spiro atoms. The van der Waals surface area contributed by atoms with Crippen LogP contribution in [0.5, 0.6) is 5.75 Å². The average Bonchev–Trinajstić information content (AvgIpc) is 2.85. The summed E-state index contributed by atoms with van der Waals surface area (Å²) in [6, 6.07) is 7.85. The molecule has 23 heavy (non-hydrogen) atoms. The van der Waals surface area contributed by atoms with E-state index in [0.717, 1.165) is 29.7 Å². The molecule has 1 heterocycles. The van der Waals surface area contributed by atoms with Crippen molar-refractivity contribution in [3.63, 3.8) is 0 Å². The van der Waals surface area contributed by atoms with Crippen molar-refractivity contribution in [2.24, 2.45) is 5.41 Å². The minimum absolute atomic E-state index is 0.0734. The van der Waals surface area contributed by atoms with Crippen molar-refractivity contribution in [3.8, 4) is 5.75 Å². The van der Waals surface area contributed by atoms with Crippen LogP contribution in [-0.4, -0.2) is 28.4 Å². The second kappa shape index (κ2) is 6.95. The van der Waals surface area contributed by atoms with Gasteiger partial charge < -0.3 is 9.64 Å². The molecule has 2 aliphatic rings. The molecule has 5 heteroatoms. The van der Waals surface area contributed by atoms with Crippen molar-refractivity contribution >= 4 is 22.1 Å². The predicted molar refractivity (Wildman–Crippen MR) is 91.5 cm³/mol. The van der Waals surface area contributed by atoms with Crippen LogP contribution in [0.25, 0.3) is 0 Å². The van der Waals surface area contributed by atoms with Crippen molar-refractivity contribution in [1.82, 2.24) is 4.90 Å². The lowest BCUT2D eigenvalue weighted by molar-refractivity contribution is -0.110. The second-order valence-electron chi connectivity index (χ2n) is 6.90. The van der Waals surface area contributed by atoms with Crippen molar-refractivity contribution in [2.45, 2.75) is 45.6 Å². The number of carbonyl (C=O) groups excluding carboxylic acids is 2. The number of ether oxygens (including phenoxy) is 1. The molecule has 3 rings (SSSR count). The van der Waals surface area contributed by atoms with Gasteiger partial charge in [-0.05, 0) is 30.5 Å². The van der Waals surface area contributed by atoms with Crippen LogP contribution < -0.4 is 4.74 Å². The molecule has 1 aromatic rings. The number of carbonyl (C=O) groups is 2. The largest absolute Gasteiger partial charge is 0.493 e. The molecule has 0 unspecified atom stereocenters. The molecule has 4 nitrogen and oxygen atoms in total. The normalized spacial score (nSPS) is 20.8. The first kappa shape index (κ1) is 16.4. The number of amides is 1. The fourth-order valence-electron chi connectivity index (χ4n) is 3.25. The maximum absolute atomic E-state index is 11.6. The van der Waals surface area contributed by atoms with E-state index in [1.807, 2.05) is 24.3 Å². The highest BCUT2D eigenvalue weighted by Crippen LogP contribution is 2.36. The second-order valence-corrected chi connectivity index (χ2v) is 7.91. The van der Waals surface area contributed by atoms with Gasteiger partial charge in [0, 0.05) is 23.7 Å². The molecule has 0 N–H and O–H groups in total. The average molecular weight is 333 g/mol. The van der Waals surface area contributed by atoms with Gasteiger partial charge in [-0.1, -0.05) is 38.3 Å². The summed E-state index contributed by atoms with van der Waals surface area (Å²) >= 11 is 0.798. The standard InChI is InChI=1S/C18H23NO3S/c1-18(9-3-2-4-10-18)13-22-15-7-5-14(6-8-15)11-19-12-16(20)23-17(19)21/h5-8H,2-4,9-13H2,1H3. The summed E-state index contributed by atoms with van der Waals surface area (Å²) in [5.41, 5.74) is 1.32. The maximum Gasteiger partial charge on any atom is 0.290 e. The highest BCUT2D eigenvalue weighted by molar-refractivity contribution is 8.26. The van der Waals surface area contributed by atoms with Crippen LogP contribution >= 0.6 is 11.8 Å². The summed E-state index contributed by atoms with van der Waals surface area (Å²) in [4.78, 5) is 24.4. The summed E-state index contributed by atoms with van der Waals surface area (Å²) < 4.78 is 5.97. The third-order valence-corrected chi connectivity index (χ3v) is 5.51. The van der Waals surface area contributed by atoms with Crippen LogP contribution in [0.1, 0.15) is 44.6 Å². The SMILES string of the molecule is CC1(COc2ccc(CN3CC(=O)SC3=O)cc2)CCCCC1. The minimum Gasteiger partial charge on any atom is -0.493 e. The fourth-order valence-corrected chi connectivity index (χ4v) is 3.93. The van der Waals surface area contributed by atoms with Gasteiger partial charge in [-0.25, -0.2) is 0 Å². The zero-order chi connectivity index (χ0) is 16.3. The lowest BCUT2D eigenvalue weighted by atomic mass is 9.76. The van der Waals surface area contributed by atoms with Gasteiger partial charge in [0.1, 0.15) is 5.75 Å². The highest BCUT2D eigenvalue weighted by atomic mass is 32.2. The van der Waals surface area contributed by atoms with Crippen LogP contribution in [0.3, 0.4) is 0 Å². The number of hydrogen-bond acceptors (Lipinski definition) is 4. The zero-order valence-electron chi connectivity index (χ0n) is 13.5. The Labute approximate surface area is 141 Å². The van der Waals surface area contributed by atoms with Gasteiger partial charge in [-0.2, -0.15) is 0 Å². The molecule has 1 saturated carbocycles. The van der Waals surface area contributed by atoms with E-state index >= 15 is 0 Å². The first-order chi connectivity index (χ1) is 11.0. The molecular formula is C18H23NO3S. The molecule has 0 radical (unpaired) electrons. The van der Waals surface area contributed by atoms with Gasteiger partial charge in [0.05, 0.1) is 13.2 Å². The Morgan fingerprint density at radius 3 is 2.43 bits per heavy atom. The monoisotopic (exact) mass is 333 g/mol. The van der Waals surface area contributed by atoms with E-state index in [9.17, 15) is 9.59 Å². The third-order valence-electron chi connectivity index (χ3n) is 4.72. The van der Waals surface area contributed by atoms with Crippen molar-refractivity contribution in [2.75, 3.05) is 13.2 Å². The van der Waals surface area contributed by atoms with Crippen LogP contribution in [0, 0.1) is 5.41 Å². The number of hydrogen-bond donors (Lipinski definition) is 0. The Morgan fingerprint density at radius 2 is 1.83 bits per heavy atom. The molecule has 1 aliphatic heterocycles. The molecule has 2 fully saturated rings. The summed E-state index contributed by atoms with van der Waals surface area (Å²) in [7, 11) is 0. The van der Waals surface area contributed by atoms with Gasteiger partial charge >= 0.3 is 0 Å². The molecule has 0 atom stereocenters. The molecule has 1 saturated heterocycles. The van der Waals surface area contributed by atoms with E-state index < -0.39 is 0 Å². The first-order valence-corrected chi connectivity index (χ1v) is 9.07. The zero-order valence-corrected chi connectivity index (χ0v) is 14.4. The quantitative estimate of drug-likeness (QED) is 0.809. The molecule has 1 aromatic carbocycles. The number of benzene rings is 1. The highest BCUT2D eigenvalue weighted by Gasteiger charge is 2.29. The van der Waals surface area contributed by atoms with Crippen LogP contribution in [0.2, 0.25) is 0 Å². The van der Waals surface area contributed by atoms with Gasteiger partial charge in [0.25, 0.3) is 5.24 Å². The van der Waals surface area contributed by atoms with Crippen LogP contribution in [0.15, 0.2) is 24.3 Å². The summed E-state index contributed by atoms with van der Waals surface area (Å²) in [5, 5.41) is -0.226. The van der Waals surface area contributed by atoms with E-state index in [1.165, 1.54) is 32.1 Å². The van der Waals surface area contributed by atoms with Gasteiger partial charge in [0.2, 0.25) is 5.12 Å². The van der Waals surface area contributed by atoms with E-state index in [4.69, 9.17) is 4.74 Å². The summed E-state index contributed by atoms with van der Waals surface area (Å²) in [6.07, 6.45) is 6.45. The Bertz CT molecular complexity index is 578. The van der Waals surface area contributed by atoms with Crippen molar-refractivity contribution in [1.29, 1.82) is 0 Å². The Hall–Kier alpha value is -1.49.